The van der Waals surface area contributed by atoms with Crippen LogP contribution >= 0.6 is 11.6 Å². The molecule has 6 nitrogen and oxygen atoms in total. The van der Waals surface area contributed by atoms with E-state index in [1.165, 1.54) is 19.4 Å². The standard InChI is InChI=1S/C18H15ClF3N5O/c1-26-17(14(8-23-26)18(20,21)22)27-9-11(7-24-27)10-2-5-15(19)13(6-10)16(28)25-12-3-4-12/h2,5-9,12H,3-4H2,1H3,(H,25,28). The zero-order chi connectivity index (χ0) is 20.1. The number of rotatable bonds is 4. The van der Waals surface area contributed by atoms with Crippen molar-refractivity contribution in [2.45, 2.75) is 25.1 Å². The summed E-state index contributed by atoms with van der Waals surface area (Å²) in [6.07, 6.45) is 0.991. The normalized spacial score (nSPS) is 14.3. The highest BCUT2D eigenvalue weighted by atomic mass is 35.5. The Bertz CT molecular complexity index is 1050. The number of nitrogens with one attached hydrogen (secondary N) is 1. The van der Waals surface area contributed by atoms with E-state index in [2.05, 4.69) is 15.5 Å². The van der Waals surface area contributed by atoms with Crippen molar-refractivity contribution < 1.29 is 18.0 Å². The molecule has 1 aromatic carbocycles. The molecule has 0 saturated heterocycles. The Labute approximate surface area is 162 Å². The van der Waals surface area contributed by atoms with Crippen molar-refractivity contribution in [2.75, 3.05) is 0 Å². The zero-order valence-electron chi connectivity index (χ0n) is 14.7. The number of hydrogen-bond donors (Lipinski definition) is 1. The molecule has 2 heterocycles. The van der Waals surface area contributed by atoms with Gasteiger partial charge in [0.1, 0.15) is 5.56 Å². The molecule has 3 aromatic rings. The first-order valence-electron chi connectivity index (χ1n) is 8.49. The second-order valence-electron chi connectivity index (χ2n) is 6.62. The Hall–Kier alpha value is -2.81. The monoisotopic (exact) mass is 409 g/mol. The van der Waals surface area contributed by atoms with Crippen molar-refractivity contribution in [1.29, 1.82) is 0 Å². The van der Waals surface area contributed by atoms with E-state index in [0.29, 0.717) is 21.7 Å². The van der Waals surface area contributed by atoms with E-state index in [-0.39, 0.29) is 17.8 Å². The summed E-state index contributed by atoms with van der Waals surface area (Å²) >= 11 is 6.14. The third kappa shape index (κ3) is 3.49. The lowest BCUT2D eigenvalue weighted by atomic mass is 10.1. The quantitative estimate of drug-likeness (QED) is 0.712. The van der Waals surface area contributed by atoms with Crippen LogP contribution in [0.4, 0.5) is 13.2 Å². The SMILES string of the molecule is Cn1ncc(C(F)(F)F)c1-n1cc(-c2ccc(Cl)c(C(=O)NC3CC3)c2)cn1. The number of carbonyl (C=O) groups excluding carboxylic acids is 1. The van der Waals surface area contributed by atoms with Gasteiger partial charge in [0.2, 0.25) is 0 Å². The van der Waals surface area contributed by atoms with Crippen LogP contribution in [0, 0.1) is 0 Å². The molecule has 1 amide bonds. The van der Waals surface area contributed by atoms with Gasteiger partial charge in [-0.25, -0.2) is 4.68 Å². The fraction of sp³-hybridized carbons (Fsp3) is 0.278. The van der Waals surface area contributed by atoms with E-state index in [1.54, 1.807) is 18.2 Å². The van der Waals surface area contributed by atoms with Crippen LogP contribution < -0.4 is 5.32 Å². The van der Waals surface area contributed by atoms with Crippen molar-refractivity contribution in [3.8, 4) is 16.9 Å². The summed E-state index contributed by atoms with van der Waals surface area (Å²) in [5.74, 6) is -0.466. The highest BCUT2D eigenvalue weighted by Gasteiger charge is 2.37. The number of nitrogens with zero attached hydrogens (tertiary/aromatic N) is 4. The Balaban J connectivity index is 1.69. The first-order valence-corrected chi connectivity index (χ1v) is 8.87. The Kier molecular flexibility index (Phi) is 4.41. The van der Waals surface area contributed by atoms with Crippen molar-refractivity contribution in [2.24, 2.45) is 7.05 Å². The largest absolute Gasteiger partial charge is 0.421 e. The first-order chi connectivity index (χ1) is 13.2. The van der Waals surface area contributed by atoms with Crippen LogP contribution in [0.1, 0.15) is 28.8 Å². The van der Waals surface area contributed by atoms with Gasteiger partial charge in [0.25, 0.3) is 5.91 Å². The lowest BCUT2D eigenvalue weighted by Gasteiger charge is -2.09. The van der Waals surface area contributed by atoms with Crippen LogP contribution in [0.25, 0.3) is 16.9 Å². The van der Waals surface area contributed by atoms with Gasteiger partial charge in [0.15, 0.2) is 5.82 Å². The van der Waals surface area contributed by atoms with Gasteiger partial charge in [-0.3, -0.25) is 9.48 Å². The van der Waals surface area contributed by atoms with Crippen molar-refractivity contribution in [3.05, 3.63) is 52.9 Å². The Morgan fingerprint density at radius 2 is 1.96 bits per heavy atom. The van der Waals surface area contributed by atoms with Crippen molar-refractivity contribution in [3.63, 3.8) is 0 Å². The van der Waals surface area contributed by atoms with Gasteiger partial charge in [-0.1, -0.05) is 17.7 Å². The fourth-order valence-electron chi connectivity index (χ4n) is 2.86. The second kappa shape index (κ2) is 6.66. The summed E-state index contributed by atoms with van der Waals surface area (Å²) in [5, 5.41) is 10.9. The summed E-state index contributed by atoms with van der Waals surface area (Å²) in [5.41, 5.74) is 0.597. The molecule has 0 spiro atoms. The molecule has 1 saturated carbocycles. The fourth-order valence-corrected chi connectivity index (χ4v) is 3.06. The summed E-state index contributed by atoms with van der Waals surface area (Å²) in [7, 11) is 1.41. The molecule has 0 unspecified atom stereocenters. The second-order valence-corrected chi connectivity index (χ2v) is 7.03. The molecule has 146 valence electrons. The van der Waals surface area contributed by atoms with Gasteiger partial charge in [0.05, 0.1) is 23.0 Å². The zero-order valence-corrected chi connectivity index (χ0v) is 15.4. The molecule has 0 bridgehead atoms. The van der Waals surface area contributed by atoms with E-state index in [1.807, 2.05) is 0 Å². The topological polar surface area (TPSA) is 64.7 Å². The summed E-state index contributed by atoms with van der Waals surface area (Å²) in [6, 6.07) is 5.06. The molecule has 0 radical (unpaired) electrons. The lowest BCUT2D eigenvalue weighted by molar-refractivity contribution is -0.137. The Morgan fingerprint density at radius 3 is 2.64 bits per heavy atom. The molecule has 4 rings (SSSR count). The number of alkyl halides is 3. The predicted molar refractivity (Wildman–Crippen MR) is 96.3 cm³/mol. The van der Waals surface area contributed by atoms with Crippen molar-refractivity contribution >= 4 is 17.5 Å². The molecule has 0 atom stereocenters. The number of hydrogen-bond acceptors (Lipinski definition) is 3. The van der Waals surface area contributed by atoms with Crippen LogP contribution in [-0.2, 0) is 13.2 Å². The minimum Gasteiger partial charge on any atom is -0.349 e. The van der Waals surface area contributed by atoms with E-state index < -0.39 is 11.7 Å². The maximum Gasteiger partial charge on any atom is 0.421 e. The third-order valence-electron chi connectivity index (χ3n) is 4.47. The number of amides is 1. The summed E-state index contributed by atoms with van der Waals surface area (Å²) < 4.78 is 41.9. The average Bonchev–Trinajstić information content (AvgIpc) is 3.14. The molecule has 0 aliphatic heterocycles. The number of halogens is 4. The highest BCUT2D eigenvalue weighted by Crippen LogP contribution is 2.34. The van der Waals surface area contributed by atoms with E-state index in [4.69, 9.17) is 11.6 Å². The summed E-state index contributed by atoms with van der Waals surface area (Å²) in [6.45, 7) is 0. The summed E-state index contributed by atoms with van der Waals surface area (Å²) in [4.78, 5) is 12.3. The molecule has 1 fully saturated rings. The molecular weight excluding hydrogens is 395 g/mol. The van der Waals surface area contributed by atoms with Gasteiger partial charge < -0.3 is 5.32 Å². The molecular formula is C18H15ClF3N5O. The maximum atomic E-state index is 13.2. The average molecular weight is 410 g/mol. The molecule has 1 aliphatic carbocycles. The third-order valence-corrected chi connectivity index (χ3v) is 4.80. The van der Waals surface area contributed by atoms with Crippen LogP contribution in [0.15, 0.2) is 36.8 Å². The van der Waals surface area contributed by atoms with Crippen molar-refractivity contribution in [1.82, 2.24) is 24.9 Å². The predicted octanol–water partition coefficient (Wildman–Crippen LogP) is 3.84. The number of aromatic nitrogens is 4. The maximum absolute atomic E-state index is 13.2. The minimum absolute atomic E-state index is 0.181. The smallest absolute Gasteiger partial charge is 0.349 e. The molecule has 1 aliphatic rings. The molecule has 2 aromatic heterocycles. The van der Waals surface area contributed by atoms with Gasteiger partial charge in [-0.2, -0.15) is 23.4 Å². The lowest BCUT2D eigenvalue weighted by Crippen LogP contribution is -2.25. The van der Waals surface area contributed by atoms with Crippen LogP contribution in [0.2, 0.25) is 5.02 Å². The van der Waals surface area contributed by atoms with Gasteiger partial charge >= 0.3 is 6.18 Å². The first kappa shape index (κ1) is 18.5. The highest BCUT2D eigenvalue weighted by molar-refractivity contribution is 6.34. The molecule has 1 N–H and O–H groups in total. The molecule has 10 heteroatoms. The van der Waals surface area contributed by atoms with Crippen LogP contribution in [0.3, 0.4) is 0 Å². The minimum atomic E-state index is -4.55. The Morgan fingerprint density at radius 1 is 1.21 bits per heavy atom. The van der Waals surface area contributed by atoms with E-state index >= 15 is 0 Å². The molecule has 28 heavy (non-hydrogen) atoms. The number of benzene rings is 1. The van der Waals surface area contributed by atoms with Gasteiger partial charge in [-0.05, 0) is 30.5 Å². The van der Waals surface area contributed by atoms with E-state index in [0.717, 1.165) is 28.4 Å². The van der Waals surface area contributed by atoms with Crippen LogP contribution in [0.5, 0.6) is 0 Å². The number of aryl methyl sites for hydroxylation is 1. The van der Waals surface area contributed by atoms with Gasteiger partial charge in [0, 0.05) is 24.8 Å². The van der Waals surface area contributed by atoms with Gasteiger partial charge in [-0.15, -0.1) is 0 Å². The van der Waals surface area contributed by atoms with E-state index in [9.17, 15) is 18.0 Å². The van der Waals surface area contributed by atoms with Crippen LogP contribution in [-0.4, -0.2) is 31.5 Å². The number of carbonyl (C=O) groups is 1.